The Morgan fingerprint density at radius 2 is 1.41 bits per heavy atom. The lowest BCUT2D eigenvalue weighted by Crippen LogP contribution is -2.14. The van der Waals surface area contributed by atoms with Crippen LogP contribution in [-0.2, 0) is 9.84 Å². The molecule has 118 valence electrons. The van der Waals surface area contributed by atoms with Crippen molar-refractivity contribution in [2.75, 3.05) is 0 Å². The van der Waals surface area contributed by atoms with Crippen molar-refractivity contribution in [3.63, 3.8) is 0 Å². The molecule has 2 aromatic carbocycles. The molecule has 0 aromatic heterocycles. The molecular formula is C19H24O2S. The van der Waals surface area contributed by atoms with Gasteiger partial charge in [0.1, 0.15) is 0 Å². The second-order valence-electron chi connectivity index (χ2n) is 5.61. The van der Waals surface area contributed by atoms with Crippen LogP contribution in [0.2, 0.25) is 0 Å². The van der Waals surface area contributed by atoms with Crippen molar-refractivity contribution in [2.24, 2.45) is 0 Å². The lowest BCUT2D eigenvalue weighted by atomic mass is 10.1. The van der Waals surface area contributed by atoms with E-state index in [1.165, 1.54) is 0 Å². The molecule has 0 fully saturated rings. The molecular weight excluding hydrogens is 292 g/mol. The standard InChI is InChI=1S/C19H24O2S/c1-2-3-4-11-16-19(17-12-7-5-8-13-17)22(20,21)18-14-9-6-10-15-18/h5-10,12-15,19H,2-4,11,16H2,1H3. The van der Waals surface area contributed by atoms with Crippen molar-refractivity contribution in [3.8, 4) is 0 Å². The molecule has 0 saturated heterocycles. The largest absolute Gasteiger partial charge is 0.223 e. The molecule has 0 radical (unpaired) electrons. The van der Waals surface area contributed by atoms with Gasteiger partial charge in [-0.2, -0.15) is 0 Å². The van der Waals surface area contributed by atoms with Gasteiger partial charge >= 0.3 is 0 Å². The Hall–Kier alpha value is -1.61. The maximum Gasteiger partial charge on any atom is 0.185 e. The van der Waals surface area contributed by atoms with Gasteiger partial charge in [0.05, 0.1) is 10.1 Å². The monoisotopic (exact) mass is 316 g/mol. The molecule has 1 atom stereocenters. The van der Waals surface area contributed by atoms with Gasteiger partial charge in [0.2, 0.25) is 0 Å². The van der Waals surface area contributed by atoms with E-state index in [9.17, 15) is 8.42 Å². The van der Waals surface area contributed by atoms with Gasteiger partial charge in [-0.15, -0.1) is 0 Å². The fourth-order valence-corrected chi connectivity index (χ4v) is 4.56. The molecule has 0 saturated carbocycles. The lowest BCUT2D eigenvalue weighted by molar-refractivity contribution is 0.560. The lowest BCUT2D eigenvalue weighted by Gasteiger charge is -2.18. The third-order valence-electron chi connectivity index (χ3n) is 3.94. The van der Waals surface area contributed by atoms with Gasteiger partial charge in [0.25, 0.3) is 0 Å². The van der Waals surface area contributed by atoms with Crippen molar-refractivity contribution in [3.05, 3.63) is 66.2 Å². The Kier molecular flexibility index (Phi) is 6.20. The minimum absolute atomic E-state index is 0.416. The second-order valence-corrected chi connectivity index (χ2v) is 7.74. The number of unbranched alkanes of at least 4 members (excludes halogenated alkanes) is 3. The molecule has 2 rings (SSSR count). The summed E-state index contributed by atoms with van der Waals surface area (Å²) in [5.74, 6) is 0. The molecule has 0 amide bonds. The molecule has 22 heavy (non-hydrogen) atoms. The average molecular weight is 316 g/mol. The summed E-state index contributed by atoms with van der Waals surface area (Å²) in [6, 6.07) is 18.4. The van der Waals surface area contributed by atoms with Gasteiger partial charge in [-0.25, -0.2) is 8.42 Å². The summed E-state index contributed by atoms with van der Waals surface area (Å²) >= 11 is 0. The quantitative estimate of drug-likeness (QED) is 0.629. The molecule has 2 nitrogen and oxygen atoms in total. The summed E-state index contributed by atoms with van der Waals surface area (Å²) < 4.78 is 26.0. The molecule has 0 heterocycles. The van der Waals surface area contributed by atoms with E-state index in [1.807, 2.05) is 36.4 Å². The van der Waals surface area contributed by atoms with Crippen LogP contribution in [0.15, 0.2) is 65.6 Å². The third kappa shape index (κ3) is 4.20. The highest BCUT2D eigenvalue weighted by atomic mass is 32.2. The number of benzene rings is 2. The molecule has 0 N–H and O–H groups in total. The van der Waals surface area contributed by atoms with Crippen molar-refractivity contribution in [1.82, 2.24) is 0 Å². The summed E-state index contributed by atoms with van der Waals surface area (Å²) in [6.45, 7) is 2.16. The molecule has 3 heteroatoms. The van der Waals surface area contributed by atoms with Crippen LogP contribution in [0.4, 0.5) is 0 Å². The second kappa shape index (κ2) is 8.14. The summed E-state index contributed by atoms with van der Waals surface area (Å²) in [5.41, 5.74) is 0.892. The van der Waals surface area contributed by atoms with E-state index in [4.69, 9.17) is 0 Å². The van der Waals surface area contributed by atoms with E-state index in [-0.39, 0.29) is 0 Å². The fraction of sp³-hybridized carbons (Fsp3) is 0.368. The highest BCUT2D eigenvalue weighted by Gasteiger charge is 2.28. The zero-order chi connectivity index (χ0) is 15.8. The Morgan fingerprint density at radius 3 is 2.00 bits per heavy atom. The van der Waals surface area contributed by atoms with Crippen LogP contribution >= 0.6 is 0 Å². The van der Waals surface area contributed by atoms with Crippen molar-refractivity contribution in [1.29, 1.82) is 0 Å². The predicted octanol–water partition coefficient (Wildman–Crippen LogP) is 5.17. The van der Waals surface area contributed by atoms with Crippen molar-refractivity contribution < 1.29 is 8.42 Å². The predicted molar refractivity (Wildman–Crippen MR) is 91.6 cm³/mol. The Bertz CT molecular complexity index is 648. The topological polar surface area (TPSA) is 34.1 Å². The fourth-order valence-electron chi connectivity index (χ4n) is 2.70. The maximum absolute atomic E-state index is 13.0. The first-order valence-electron chi connectivity index (χ1n) is 8.00. The number of rotatable bonds is 8. The van der Waals surface area contributed by atoms with Crippen LogP contribution in [0, 0.1) is 0 Å². The molecule has 0 spiro atoms. The van der Waals surface area contributed by atoms with Gasteiger partial charge in [-0.05, 0) is 24.1 Å². The highest BCUT2D eigenvalue weighted by molar-refractivity contribution is 7.91. The van der Waals surface area contributed by atoms with E-state index in [2.05, 4.69) is 6.92 Å². The van der Waals surface area contributed by atoms with Gasteiger partial charge in [0.15, 0.2) is 9.84 Å². The van der Waals surface area contributed by atoms with Crippen LogP contribution in [0.25, 0.3) is 0 Å². The first-order chi connectivity index (χ1) is 10.7. The smallest absolute Gasteiger partial charge is 0.185 e. The average Bonchev–Trinajstić information content (AvgIpc) is 2.56. The Morgan fingerprint density at radius 1 is 0.818 bits per heavy atom. The minimum atomic E-state index is -3.34. The van der Waals surface area contributed by atoms with Crippen LogP contribution in [-0.4, -0.2) is 8.42 Å². The maximum atomic E-state index is 13.0. The van der Waals surface area contributed by atoms with E-state index >= 15 is 0 Å². The SMILES string of the molecule is CCCCCCC(c1ccccc1)S(=O)(=O)c1ccccc1. The summed E-state index contributed by atoms with van der Waals surface area (Å²) in [5, 5.41) is -0.451. The molecule has 2 aromatic rings. The number of hydrogen-bond acceptors (Lipinski definition) is 2. The first kappa shape index (κ1) is 16.8. The molecule has 0 aliphatic heterocycles. The summed E-state index contributed by atoms with van der Waals surface area (Å²) in [7, 11) is -3.34. The van der Waals surface area contributed by atoms with Gasteiger partial charge in [-0.3, -0.25) is 0 Å². The molecule has 1 unspecified atom stereocenters. The molecule has 0 aliphatic rings. The van der Waals surface area contributed by atoms with Crippen LogP contribution in [0.3, 0.4) is 0 Å². The third-order valence-corrected chi connectivity index (χ3v) is 6.12. The summed E-state index contributed by atoms with van der Waals surface area (Å²) in [4.78, 5) is 0.416. The zero-order valence-electron chi connectivity index (χ0n) is 13.1. The van der Waals surface area contributed by atoms with Crippen molar-refractivity contribution in [2.45, 2.75) is 49.2 Å². The van der Waals surface area contributed by atoms with Gasteiger partial charge in [-0.1, -0.05) is 81.1 Å². The summed E-state index contributed by atoms with van der Waals surface area (Å²) in [6.07, 6.45) is 5.03. The van der Waals surface area contributed by atoms with E-state index in [0.717, 1.165) is 31.2 Å². The van der Waals surface area contributed by atoms with Crippen LogP contribution < -0.4 is 0 Å². The Labute approximate surface area is 134 Å². The first-order valence-corrected chi connectivity index (χ1v) is 9.54. The number of hydrogen-bond donors (Lipinski definition) is 0. The van der Waals surface area contributed by atoms with Gasteiger partial charge in [0, 0.05) is 0 Å². The normalized spacial score (nSPS) is 13.0. The Balaban J connectivity index is 2.28. The van der Waals surface area contributed by atoms with E-state index < -0.39 is 15.1 Å². The molecule has 0 aliphatic carbocycles. The van der Waals surface area contributed by atoms with Gasteiger partial charge < -0.3 is 0 Å². The van der Waals surface area contributed by atoms with E-state index in [0.29, 0.717) is 11.3 Å². The minimum Gasteiger partial charge on any atom is -0.223 e. The zero-order valence-corrected chi connectivity index (χ0v) is 13.9. The van der Waals surface area contributed by atoms with Crippen LogP contribution in [0.1, 0.15) is 49.8 Å². The number of sulfone groups is 1. The molecule has 0 bridgehead atoms. The van der Waals surface area contributed by atoms with E-state index in [1.54, 1.807) is 24.3 Å². The highest BCUT2D eigenvalue weighted by Crippen LogP contribution is 2.33. The van der Waals surface area contributed by atoms with Crippen molar-refractivity contribution >= 4 is 9.84 Å². The van der Waals surface area contributed by atoms with Crippen LogP contribution in [0.5, 0.6) is 0 Å².